The number of aryl methyl sites for hydroxylation is 1. The number of fused-ring (bicyclic) bond motifs is 1. The van der Waals surface area contributed by atoms with Crippen LogP contribution in [0.3, 0.4) is 0 Å². The molecule has 2 heterocycles. The Morgan fingerprint density at radius 3 is 2.94 bits per heavy atom. The predicted octanol–water partition coefficient (Wildman–Crippen LogP) is 2.42. The van der Waals surface area contributed by atoms with Crippen LogP contribution in [-0.2, 0) is 13.0 Å². The topological polar surface area (TPSA) is 56.7 Å². The van der Waals surface area contributed by atoms with Crippen LogP contribution in [0.5, 0.6) is 0 Å². The largest absolute Gasteiger partial charge is 0.398 e. The zero-order chi connectivity index (χ0) is 12.7. The third kappa shape index (κ3) is 1.68. The van der Waals surface area contributed by atoms with Crippen LogP contribution in [0.2, 0.25) is 0 Å². The lowest BCUT2D eigenvalue weighted by Gasteiger charge is -2.21. The highest BCUT2D eigenvalue weighted by Crippen LogP contribution is 2.31. The number of benzene rings is 1. The zero-order valence-corrected chi connectivity index (χ0v) is 10.8. The van der Waals surface area contributed by atoms with Crippen molar-refractivity contribution in [3.05, 3.63) is 29.6 Å². The molecule has 1 aliphatic rings. The number of aromatic nitrogens is 3. The van der Waals surface area contributed by atoms with Crippen molar-refractivity contribution in [2.45, 2.75) is 33.2 Å². The average molecular weight is 242 g/mol. The Morgan fingerprint density at radius 1 is 1.33 bits per heavy atom. The first-order valence-electron chi connectivity index (χ1n) is 6.44. The molecular weight excluding hydrogens is 224 g/mol. The van der Waals surface area contributed by atoms with E-state index < -0.39 is 0 Å². The van der Waals surface area contributed by atoms with Gasteiger partial charge in [0.25, 0.3) is 0 Å². The number of hydrogen-bond donors (Lipinski definition) is 1. The molecule has 0 spiro atoms. The highest BCUT2D eigenvalue weighted by molar-refractivity contribution is 5.75. The number of nitrogens with two attached hydrogens (primary N) is 1. The van der Waals surface area contributed by atoms with E-state index in [0.29, 0.717) is 5.92 Å². The molecule has 1 aromatic heterocycles. The molecule has 1 aromatic carbocycles. The number of anilines is 1. The van der Waals surface area contributed by atoms with Crippen LogP contribution < -0.4 is 5.73 Å². The van der Waals surface area contributed by atoms with E-state index in [1.165, 1.54) is 6.42 Å². The summed E-state index contributed by atoms with van der Waals surface area (Å²) in [6, 6.07) is 5.97. The van der Waals surface area contributed by atoms with E-state index in [-0.39, 0.29) is 0 Å². The summed E-state index contributed by atoms with van der Waals surface area (Å²) in [5, 5.41) is 8.68. The molecule has 1 atom stereocenters. The quantitative estimate of drug-likeness (QED) is 0.781. The molecule has 1 unspecified atom stereocenters. The summed E-state index contributed by atoms with van der Waals surface area (Å²) in [4.78, 5) is 0. The number of hydrogen-bond acceptors (Lipinski definition) is 3. The van der Waals surface area contributed by atoms with Crippen LogP contribution in [0.15, 0.2) is 18.2 Å². The number of nitrogen functional groups attached to an aromatic ring is 1. The molecule has 3 rings (SSSR count). The third-order valence-corrected chi connectivity index (χ3v) is 3.73. The summed E-state index contributed by atoms with van der Waals surface area (Å²) < 4.78 is 2.22. The van der Waals surface area contributed by atoms with Gasteiger partial charge in [-0.15, -0.1) is 10.2 Å². The van der Waals surface area contributed by atoms with Crippen molar-refractivity contribution in [2.24, 2.45) is 5.92 Å². The molecule has 0 amide bonds. The molecule has 0 radical (unpaired) electrons. The van der Waals surface area contributed by atoms with Gasteiger partial charge >= 0.3 is 0 Å². The molecule has 4 heteroatoms. The maximum absolute atomic E-state index is 6.09. The molecule has 2 aromatic rings. The van der Waals surface area contributed by atoms with Crippen LogP contribution in [0.1, 0.15) is 24.7 Å². The first-order valence-corrected chi connectivity index (χ1v) is 6.44. The Bertz CT molecular complexity index is 565. The summed E-state index contributed by atoms with van der Waals surface area (Å²) >= 11 is 0. The minimum atomic E-state index is 0.698. The van der Waals surface area contributed by atoms with Gasteiger partial charge in [-0.2, -0.15) is 0 Å². The van der Waals surface area contributed by atoms with Gasteiger partial charge in [0, 0.05) is 24.2 Å². The second-order valence-corrected chi connectivity index (χ2v) is 5.23. The van der Waals surface area contributed by atoms with Gasteiger partial charge in [-0.3, -0.25) is 0 Å². The Hall–Kier alpha value is -1.84. The van der Waals surface area contributed by atoms with Crippen molar-refractivity contribution < 1.29 is 0 Å². The van der Waals surface area contributed by atoms with Crippen LogP contribution >= 0.6 is 0 Å². The standard InChI is InChI=1S/C14H18N4/c1-9-6-7-18-12(8-9)16-17-14(18)13-10(2)4-3-5-11(13)15/h3-5,9H,6-8,15H2,1-2H3. The van der Waals surface area contributed by atoms with E-state index in [2.05, 4.69) is 34.7 Å². The molecule has 2 N–H and O–H groups in total. The maximum Gasteiger partial charge on any atom is 0.166 e. The molecule has 0 bridgehead atoms. The third-order valence-electron chi connectivity index (χ3n) is 3.73. The van der Waals surface area contributed by atoms with Gasteiger partial charge in [-0.25, -0.2) is 0 Å². The zero-order valence-electron chi connectivity index (χ0n) is 10.8. The van der Waals surface area contributed by atoms with Gasteiger partial charge in [0.15, 0.2) is 5.82 Å². The van der Waals surface area contributed by atoms with E-state index in [1.807, 2.05) is 12.1 Å². The summed E-state index contributed by atoms with van der Waals surface area (Å²) in [5.74, 6) is 2.71. The lowest BCUT2D eigenvalue weighted by molar-refractivity contribution is 0.411. The highest BCUT2D eigenvalue weighted by Gasteiger charge is 2.22. The molecule has 94 valence electrons. The van der Waals surface area contributed by atoms with Crippen molar-refractivity contribution >= 4 is 5.69 Å². The first-order chi connectivity index (χ1) is 8.66. The number of nitrogens with zero attached hydrogens (tertiary/aromatic N) is 3. The van der Waals surface area contributed by atoms with Crippen molar-refractivity contribution in [3.63, 3.8) is 0 Å². The maximum atomic E-state index is 6.09. The summed E-state index contributed by atoms with van der Waals surface area (Å²) in [6.07, 6.45) is 2.20. The molecule has 0 saturated carbocycles. The van der Waals surface area contributed by atoms with E-state index >= 15 is 0 Å². The summed E-state index contributed by atoms with van der Waals surface area (Å²) in [6.45, 7) is 5.32. The molecule has 0 saturated heterocycles. The van der Waals surface area contributed by atoms with E-state index in [9.17, 15) is 0 Å². The van der Waals surface area contributed by atoms with Crippen LogP contribution in [-0.4, -0.2) is 14.8 Å². The minimum Gasteiger partial charge on any atom is -0.398 e. The normalized spacial score (nSPS) is 18.7. The SMILES string of the molecule is Cc1cccc(N)c1-c1nnc2n1CCC(C)C2. The van der Waals surface area contributed by atoms with Gasteiger partial charge in [-0.05, 0) is 30.9 Å². The van der Waals surface area contributed by atoms with Crippen LogP contribution in [0, 0.1) is 12.8 Å². The van der Waals surface area contributed by atoms with E-state index in [0.717, 1.165) is 41.4 Å². The Kier molecular flexibility index (Phi) is 2.58. The predicted molar refractivity (Wildman–Crippen MR) is 72.1 cm³/mol. The lowest BCUT2D eigenvalue weighted by Crippen LogP contribution is -2.18. The van der Waals surface area contributed by atoms with Gasteiger partial charge in [0.05, 0.1) is 0 Å². The van der Waals surface area contributed by atoms with E-state index in [4.69, 9.17) is 5.73 Å². The number of rotatable bonds is 1. The van der Waals surface area contributed by atoms with E-state index in [1.54, 1.807) is 0 Å². The lowest BCUT2D eigenvalue weighted by atomic mass is 9.99. The molecule has 0 aliphatic carbocycles. The Balaban J connectivity index is 2.14. The molecule has 4 nitrogen and oxygen atoms in total. The fraction of sp³-hybridized carbons (Fsp3) is 0.429. The monoisotopic (exact) mass is 242 g/mol. The smallest absolute Gasteiger partial charge is 0.166 e. The highest BCUT2D eigenvalue weighted by atomic mass is 15.3. The minimum absolute atomic E-state index is 0.698. The van der Waals surface area contributed by atoms with Gasteiger partial charge in [-0.1, -0.05) is 19.1 Å². The second-order valence-electron chi connectivity index (χ2n) is 5.23. The van der Waals surface area contributed by atoms with Crippen molar-refractivity contribution in [1.82, 2.24) is 14.8 Å². The van der Waals surface area contributed by atoms with Gasteiger partial charge < -0.3 is 10.3 Å². The second kappa shape index (κ2) is 4.12. The summed E-state index contributed by atoms with van der Waals surface area (Å²) in [5.41, 5.74) is 9.06. The molecular formula is C14H18N4. The van der Waals surface area contributed by atoms with Gasteiger partial charge in [0.2, 0.25) is 0 Å². The Morgan fingerprint density at radius 2 is 2.17 bits per heavy atom. The fourth-order valence-corrected chi connectivity index (χ4v) is 2.67. The molecule has 18 heavy (non-hydrogen) atoms. The van der Waals surface area contributed by atoms with Crippen LogP contribution in [0.4, 0.5) is 5.69 Å². The molecule has 1 aliphatic heterocycles. The van der Waals surface area contributed by atoms with Crippen molar-refractivity contribution in [3.8, 4) is 11.4 Å². The molecule has 0 fully saturated rings. The van der Waals surface area contributed by atoms with Crippen molar-refractivity contribution in [2.75, 3.05) is 5.73 Å². The van der Waals surface area contributed by atoms with Crippen LogP contribution in [0.25, 0.3) is 11.4 Å². The fourth-order valence-electron chi connectivity index (χ4n) is 2.67. The summed E-state index contributed by atoms with van der Waals surface area (Å²) in [7, 11) is 0. The van der Waals surface area contributed by atoms with Gasteiger partial charge in [0.1, 0.15) is 5.82 Å². The Labute approximate surface area is 107 Å². The average Bonchev–Trinajstić information content (AvgIpc) is 2.72. The van der Waals surface area contributed by atoms with Crippen molar-refractivity contribution in [1.29, 1.82) is 0 Å². The first kappa shape index (κ1) is 11.3.